The average molecular weight is 111 g/mol. The molecule has 1 unspecified atom stereocenters. The minimum atomic E-state index is -0.312. The molecule has 44 valence electrons. The maximum Gasteiger partial charge on any atom is 0.234 e. The Morgan fingerprint density at radius 3 is 2.50 bits per heavy atom. The van der Waals surface area contributed by atoms with Gasteiger partial charge in [-0.3, -0.25) is 4.79 Å². The normalized spacial score (nSPS) is 12.1. The largest absolute Gasteiger partial charge is 0.282 e. The molecule has 0 heterocycles. The molecule has 0 amide bonds. The fourth-order valence-corrected chi connectivity index (χ4v) is 0.296. The second-order valence-electron chi connectivity index (χ2n) is 1.79. The molecule has 0 aliphatic rings. The number of rotatable bonds is 2. The highest BCUT2D eigenvalue weighted by Crippen LogP contribution is 1.99. The van der Waals surface area contributed by atoms with Crippen molar-refractivity contribution in [1.82, 2.24) is 0 Å². The summed E-state index contributed by atoms with van der Waals surface area (Å²) in [7, 11) is 0. The highest BCUT2D eigenvalue weighted by Gasteiger charge is 2.07. The summed E-state index contributed by atoms with van der Waals surface area (Å²) in [5, 5.41) is 8.04. The summed E-state index contributed by atoms with van der Waals surface area (Å²) >= 11 is 0. The maximum atomic E-state index is 10.4. The Kier molecular flexibility index (Phi) is 2.86. The second-order valence-corrected chi connectivity index (χ2v) is 1.79. The molecule has 0 bridgehead atoms. The Hall–Kier alpha value is -0.840. The van der Waals surface area contributed by atoms with Gasteiger partial charge in [0.1, 0.15) is 6.07 Å². The smallest absolute Gasteiger partial charge is 0.234 e. The maximum absolute atomic E-state index is 10.4. The monoisotopic (exact) mass is 111 g/mol. The third-order valence-electron chi connectivity index (χ3n) is 1.17. The van der Waals surface area contributed by atoms with Crippen LogP contribution in [-0.4, -0.2) is 5.78 Å². The molecular weight excluding hydrogens is 102 g/mol. The van der Waals surface area contributed by atoms with Crippen LogP contribution in [-0.2, 0) is 4.79 Å². The number of Topliss-reactive ketones (excluding diaryl/α,β-unsaturated/α-hetero) is 1. The van der Waals surface area contributed by atoms with Crippen molar-refractivity contribution in [2.75, 3.05) is 0 Å². The molecule has 0 aromatic heterocycles. The first-order valence-electron chi connectivity index (χ1n) is 2.66. The van der Waals surface area contributed by atoms with Crippen LogP contribution in [0, 0.1) is 17.2 Å². The molecule has 0 fully saturated rings. The Labute approximate surface area is 49.1 Å². The van der Waals surface area contributed by atoms with Gasteiger partial charge in [0.15, 0.2) is 0 Å². The van der Waals surface area contributed by atoms with Crippen LogP contribution in [0.25, 0.3) is 0 Å². The van der Waals surface area contributed by atoms with Crippen molar-refractivity contribution < 1.29 is 4.79 Å². The highest BCUT2D eigenvalue weighted by molar-refractivity contribution is 5.94. The van der Waals surface area contributed by atoms with Crippen molar-refractivity contribution >= 4 is 5.78 Å². The van der Waals surface area contributed by atoms with E-state index in [1.54, 1.807) is 13.0 Å². The lowest BCUT2D eigenvalue weighted by Crippen LogP contribution is -2.05. The fourth-order valence-electron chi connectivity index (χ4n) is 0.296. The molecule has 0 N–H and O–H groups in total. The zero-order valence-corrected chi connectivity index (χ0v) is 5.14. The van der Waals surface area contributed by atoms with E-state index in [4.69, 9.17) is 5.26 Å². The van der Waals surface area contributed by atoms with Crippen LogP contribution >= 0.6 is 0 Å². The summed E-state index contributed by atoms with van der Waals surface area (Å²) in [5.74, 6) is -0.396. The van der Waals surface area contributed by atoms with E-state index in [1.165, 1.54) is 0 Å². The number of carbonyl (C=O) groups excluding carboxylic acids is 1. The lowest BCUT2D eigenvalue weighted by Gasteiger charge is -1.95. The quantitative estimate of drug-likeness (QED) is 0.501. The van der Waals surface area contributed by atoms with Crippen molar-refractivity contribution in [3.63, 3.8) is 0 Å². The van der Waals surface area contributed by atoms with Crippen LogP contribution in [0.2, 0.25) is 0 Å². The zero-order chi connectivity index (χ0) is 6.57. The van der Waals surface area contributed by atoms with Crippen molar-refractivity contribution in [2.45, 2.75) is 20.3 Å². The van der Waals surface area contributed by atoms with Crippen LogP contribution in [0.5, 0.6) is 0 Å². The predicted molar refractivity (Wildman–Crippen MR) is 30.1 cm³/mol. The Morgan fingerprint density at radius 1 is 1.88 bits per heavy atom. The van der Waals surface area contributed by atoms with Crippen molar-refractivity contribution in [3.05, 3.63) is 0 Å². The van der Waals surface area contributed by atoms with Crippen LogP contribution in [0.1, 0.15) is 20.3 Å². The molecule has 0 aromatic carbocycles. The van der Waals surface area contributed by atoms with Crippen LogP contribution < -0.4 is 0 Å². The van der Waals surface area contributed by atoms with E-state index in [0.717, 1.165) is 6.42 Å². The number of ketones is 1. The first kappa shape index (κ1) is 7.16. The van der Waals surface area contributed by atoms with E-state index in [9.17, 15) is 4.79 Å². The Bertz CT molecular complexity index is 123. The molecule has 1 atom stereocenters. The van der Waals surface area contributed by atoms with E-state index in [0.29, 0.717) is 0 Å². The second kappa shape index (κ2) is 3.20. The standard InChI is InChI=1S/C6H9NO/c1-3-5(2)6(8)4-7/h5H,3H2,1-2H3. The summed E-state index contributed by atoms with van der Waals surface area (Å²) < 4.78 is 0. The number of hydrogen-bond acceptors (Lipinski definition) is 2. The highest BCUT2D eigenvalue weighted by atomic mass is 16.1. The summed E-state index contributed by atoms with van der Waals surface area (Å²) in [5.41, 5.74) is 0. The molecule has 2 nitrogen and oxygen atoms in total. The first-order valence-corrected chi connectivity index (χ1v) is 2.66. The topological polar surface area (TPSA) is 40.9 Å². The van der Waals surface area contributed by atoms with Crippen molar-refractivity contribution in [1.29, 1.82) is 5.26 Å². The fraction of sp³-hybridized carbons (Fsp3) is 0.667. The minimum absolute atomic E-state index is 0.0833. The molecule has 0 saturated heterocycles. The predicted octanol–water partition coefficient (Wildman–Crippen LogP) is 1.13. The molecular formula is C6H9NO. The molecule has 0 aliphatic carbocycles. The Morgan fingerprint density at radius 2 is 2.38 bits per heavy atom. The van der Waals surface area contributed by atoms with E-state index in [2.05, 4.69) is 0 Å². The van der Waals surface area contributed by atoms with Gasteiger partial charge in [-0.05, 0) is 6.42 Å². The molecule has 8 heavy (non-hydrogen) atoms. The average Bonchev–Trinajstić information content (AvgIpc) is 1.84. The van der Waals surface area contributed by atoms with E-state index in [1.807, 2.05) is 6.92 Å². The summed E-state index contributed by atoms with van der Waals surface area (Å²) in [4.78, 5) is 10.4. The number of carbonyl (C=O) groups is 1. The number of nitriles is 1. The molecule has 0 saturated carbocycles. The van der Waals surface area contributed by atoms with Gasteiger partial charge in [-0.1, -0.05) is 13.8 Å². The van der Waals surface area contributed by atoms with Gasteiger partial charge in [-0.25, -0.2) is 0 Å². The van der Waals surface area contributed by atoms with Crippen molar-refractivity contribution in [3.8, 4) is 6.07 Å². The molecule has 2 heteroatoms. The Balaban J connectivity index is 3.68. The van der Waals surface area contributed by atoms with Crippen LogP contribution in [0.4, 0.5) is 0 Å². The SMILES string of the molecule is CCC(C)C(=O)C#N. The first-order chi connectivity index (χ1) is 3.72. The lowest BCUT2D eigenvalue weighted by atomic mass is 10.1. The van der Waals surface area contributed by atoms with Gasteiger partial charge >= 0.3 is 0 Å². The van der Waals surface area contributed by atoms with Crippen molar-refractivity contribution in [2.24, 2.45) is 5.92 Å². The van der Waals surface area contributed by atoms with Gasteiger partial charge in [0.2, 0.25) is 5.78 Å². The van der Waals surface area contributed by atoms with E-state index < -0.39 is 0 Å². The minimum Gasteiger partial charge on any atom is -0.282 e. The molecule has 0 radical (unpaired) electrons. The summed E-state index contributed by atoms with van der Waals surface area (Å²) in [6.45, 7) is 3.64. The van der Waals surface area contributed by atoms with E-state index in [-0.39, 0.29) is 11.7 Å². The van der Waals surface area contributed by atoms with Crippen LogP contribution in [0.15, 0.2) is 0 Å². The summed E-state index contributed by atoms with van der Waals surface area (Å²) in [6.07, 6.45) is 0.756. The van der Waals surface area contributed by atoms with Crippen LogP contribution in [0.3, 0.4) is 0 Å². The molecule has 0 aliphatic heterocycles. The van der Waals surface area contributed by atoms with E-state index >= 15 is 0 Å². The van der Waals surface area contributed by atoms with Gasteiger partial charge in [0.05, 0.1) is 0 Å². The molecule has 0 aromatic rings. The van der Waals surface area contributed by atoms with Gasteiger partial charge in [0, 0.05) is 5.92 Å². The third-order valence-corrected chi connectivity index (χ3v) is 1.17. The third kappa shape index (κ3) is 1.74. The summed E-state index contributed by atoms with van der Waals surface area (Å²) in [6, 6.07) is 1.58. The lowest BCUT2D eigenvalue weighted by molar-refractivity contribution is -0.117. The van der Waals surface area contributed by atoms with Gasteiger partial charge in [0.25, 0.3) is 0 Å². The van der Waals surface area contributed by atoms with Gasteiger partial charge in [-0.2, -0.15) is 5.26 Å². The van der Waals surface area contributed by atoms with Gasteiger partial charge in [-0.15, -0.1) is 0 Å². The van der Waals surface area contributed by atoms with Gasteiger partial charge < -0.3 is 0 Å². The number of nitrogens with zero attached hydrogens (tertiary/aromatic N) is 1. The molecule has 0 spiro atoms. The number of hydrogen-bond donors (Lipinski definition) is 0. The zero-order valence-electron chi connectivity index (χ0n) is 5.14. The molecule has 0 rings (SSSR count).